The Labute approximate surface area is 128 Å². The molecule has 7 heteroatoms. The van der Waals surface area contributed by atoms with Gasteiger partial charge in [-0.15, -0.1) is 10.2 Å². The zero-order valence-electron chi connectivity index (χ0n) is 12.7. The van der Waals surface area contributed by atoms with Crippen LogP contribution < -0.4 is 10.2 Å². The second-order valence-electron chi connectivity index (χ2n) is 6.26. The summed E-state index contributed by atoms with van der Waals surface area (Å²) in [5.41, 5.74) is 0.767. The molecule has 116 valence electrons. The van der Waals surface area contributed by atoms with Crippen LogP contribution in [0.15, 0.2) is 12.4 Å². The topological polar surface area (TPSA) is 75.4 Å². The fourth-order valence-corrected chi connectivity index (χ4v) is 3.08. The van der Waals surface area contributed by atoms with Crippen LogP contribution in [0.25, 0.3) is 5.65 Å². The van der Waals surface area contributed by atoms with Crippen LogP contribution in [0.2, 0.25) is 0 Å². The Morgan fingerprint density at radius 1 is 1.32 bits per heavy atom. The lowest BCUT2D eigenvalue weighted by molar-refractivity contribution is -0.125. The fourth-order valence-electron chi connectivity index (χ4n) is 3.08. The quantitative estimate of drug-likeness (QED) is 0.912. The molecule has 1 saturated carbocycles. The van der Waals surface area contributed by atoms with Crippen LogP contribution in [0.5, 0.6) is 0 Å². The van der Waals surface area contributed by atoms with Crippen LogP contribution >= 0.6 is 0 Å². The first kappa shape index (κ1) is 13.5. The Kier molecular flexibility index (Phi) is 3.20. The van der Waals surface area contributed by atoms with Crippen LogP contribution in [0.3, 0.4) is 0 Å². The van der Waals surface area contributed by atoms with E-state index < -0.39 is 0 Å². The van der Waals surface area contributed by atoms with Gasteiger partial charge < -0.3 is 10.2 Å². The van der Waals surface area contributed by atoms with Crippen molar-refractivity contribution in [2.24, 2.45) is 5.92 Å². The predicted molar refractivity (Wildman–Crippen MR) is 81.6 cm³/mol. The van der Waals surface area contributed by atoms with Crippen LogP contribution in [0.1, 0.15) is 31.5 Å². The first-order valence-electron chi connectivity index (χ1n) is 7.94. The number of nitrogens with one attached hydrogen (secondary N) is 1. The number of fused-ring (bicyclic) bond motifs is 1. The maximum atomic E-state index is 12.3. The minimum Gasteiger partial charge on any atom is -0.353 e. The summed E-state index contributed by atoms with van der Waals surface area (Å²) >= 11 is 0. The summed E-state index contributed by atoms with van der Waals surface area (Å²) in [5.74, 6) is 1.91. The average molecular weight is 300 g/mol. The minimum atomic E-state index is 0.0421. The molecule has 2 aliphatic rings. The second-order valence-corrected chi connectivity index (χ2v) is 6.26. The normalized spacial score (nSPS) is 22.0. The van der Waals surface area contributed by atoms with Crippen LogP contribution in [0, 0.1) is 12.8 Å². The Balaban J connectivity index is 1.56. The molecule has 22 heavy (non-hydrogen) atoms. The molecule has 0 bridgehead atoms. The van der Waals surface area contributed by atoms with E-state index in [2.05, 4.69) is 25.4 Å². The molecule has 1 amide bonds. The molecule has 1 N–H and O–H groups in total. The van der Waals surface area contributed by atoms with E-state index in [0.717, 1.165) is 49.5 Å². The van der Waals surface area contributed by atoms with Gasteiger partial charge in [0.15, 0.2) is 5.82 Å². The molecular weight excluding hydrogens is 280 g/mol. The third-order valence-corrected chi connectivity index (χ3v) is 4.49. The number of anilines is 1. The summed E-state index contributed by atoms with van der Waals surface area (Å²) in [5, 5.41) is 11.5. The van der Waals surface area contributed by atoms with E-state index in [1.807, 2.05) is 17.5 Å². The van der Waals surface area contributed by atoms with Crippen molar-refractivity contribution in [1.29, 1.82) is 0 Å². The van der Waals surface area contributed by atoms with Gasteiger partial charge in [-0.3, -0.25) is 9.20 Å². The highest BCUT2D eigenvalue weighted by atomic mass is 16.2. The highest BCUT2D eigenvalue weighted by molar-refractivity contribution is 5.80. The van der Waals surface area contributed by atoms with Crippen molar-refractivity contribution < 1.29 is 4.79 Å². The summed E-state index contributed by atoms with van der Waals surface area (Å²) in [7, 11) is 0. The van der Waals surface area contributed by atoms with Crippen molar-refractivity contribution in [3.63, 3.8) is 0 Å². The monoisotopic (exact) mass is 300 g/mol. The van der Waals surface area contributed by atoms with Gasteiger partial charge in [0, 0.05) is 31.5 Å². The first-order valence-corrected chi connectivity index (χ1v) is 7.94. The molecule has 7 nitrogen and oxygen atoms in total. The van der Waals surface area contributed by atoms with E-state index in [9.17, 15) is 4.79 Å². The number of amides is 1. The molecule has 1 saturated heterocycles. The number of carbonyl (C=O) groups excluding carboxylic acids is 1. The van der Waals surface area contributed by atoms with Crippen molar-refractivity contribution >= 4 is 17.4 Å². The fraction of sp³-hybridized carbons (Fsp3) is 0.600. The minimum absolute atomic E-state index is 0.0421. The van der Waals surface area contributed by atoms with Gasteiger partial charge in [-0.05, 0) is 32.6 Å². The van der Waals surface area contributed by atoms with Gasteiger partial charge in [-0.1, -0.05) is 0 Å². The van der Waals surface area contributed by atoms with E-state index in [4.69, 9.17) is 0 Å². The maximum Gasteiger partial charge on any atom is 0.225 e. The van der Waals surface area contributed by atoms with Gasteiger partial charge in [0.25, 0.3) is 0 Å². The summed E-state index contributed by atoms with van der Waals surface area (Å²) in [4.78, 5) is 19.0. The molecule has 4 rings (SSSR count). The summed E-state index contributed by atoms with van der Waals surface area (Å²) in [6.45, 7) is 3.54. The van der Waals surface area contributed by atoms with Crippen molar-refractivity contribution in [3.8, 4) is 0 Å². The van der Waals surface area contributed by atoms with Gasteiger partial charge in [0.1, 0.15) is 5.82 Å². The number of hydrogen-bond donors (Lipinski definition) is 1. The van der Waals surface area contributed by atoms with Gasteiger partial charge in [0.2, 0.25) is 11.6 Å². The Bertz CT molecular complexity index is 707. The summed E-state index contributed by atoms with van der Waals surface area (Å²) in [6.07, 6.45) is 7.84. The summed E-state index contributed by atoms with van der Waals surface area (Å²) < 4.78 is 1.94. The van der Waals surface area contributed by atoms with E-state index in [0.29, 0.717) is 12.6 Å². The molecule has 1 atom stereocenters. The molecule has 2 aromatic heterocycles. The standard InChI is InChI=1S/C15H20N6O/c1-10-18-19-14-13(16-6-8-21(10)14)20-7-2-3-11(9-20)15(22)17-12-4-5-12/h6,8,11-12H,2-5,7,9H2,1H3,(H,17,22). The van der Waals surface area contributed by atoms with Crippen LogP contribution in [-0.2, 0) is 4.79 Å². The van der Waals surface area contributed by atoms with Gasteiger partial charge in [0.05, 0.1) is 5.92 Å². The number of aryl methyl sites for hydroxylation is 1. The first-order chi connectivity index (χ1) is 10.7. The molecule has 0 spiro atoms. The van der Waals surface area contributed by atoms with Gasteiger partial charge in [-0.2, -0.15) is 0 Å². The molecular formula is C15H20N6O. The lowest BCUT2D eigenvalue weighted by atomic mass is 9.97. The maximum absolute atomic E-state index is 12.3. The second kappa shape index (κ2) is 5.23. The third-order valence-electron chi connectivity index (χ3n) is 4.49. The molecule has 2 fully saturated rings. The number of piperidine rings is 1. The predicted octanol–water partition coefficient (Wildman–Crippen LogP) is 0.928. The van der Waals surface area contributed by atoms with Gasteiger partial charge in [-0.25, -0.2) is 4.98 Å². The number of rotatable bonds is 3. The molecule has 0 radical (unpaired) electrons. The Morgan fingerprint density at radius 3 is 3.00 bits per heavy atom. The SMILES string of the molecule is Cc1nnc2c(N3CCCC(C(=O)NC4CC4)C3)nccn12. The summed E-state index contributed by atoms with van der Waals surface area (Å²) in [6, 6.07) is 0.420. The van der Waals surface area contributed by atoms with Crippen molar-refractivity contribution in [2.45, 2.75) is 38.6 Å². The van der Waals surface area contributed by atoms with E-state index >= 15 is 0 Å². The Morgan fingerprint density at radius 2 is 2.18 bits per heavy atom. The Hall–Kier alpha value is -2.18. The highest BCUT2D eigenvalue weighted by Crippen LogP contribution is 2.26. The lowest BCUT2D eigenvalue weighted by Gasteiger charge is -2.32. The molecule has 0 aromatic carbocycles. The highest BCUT2D eigenvalue weighted by Gasteiger charge is 2.31. The van der Waals surface area contributed by atoms with Crippen molar-refractivity contribution in [2.75, 3.05) is 18.0 Å². The lowest BCUT2D eigenvalue weighted by Crippen LogP contribution is -2.44. The van der Waals surface area contributed by atoms with Crippen molar-refractivity contribution in [3.05, 3.63) is 18.2 Å². The molecule has 3 heterocycles. The van der Waals surface area contributed by atoms with Crippen LogP contribution in [0.4, 0.5) is 5.82 Å². The largest absolute Gasteiger partial charge is 0.353 e. The number of hydrogen-bond acceptors (Lipinski definition) is 5. The van der Waals surface area contributed by atoms with E-state index in [1.54, 1.807) is 6.20 Å². The number of carbonyl (C=O) groups is 1. The smallest absolute Gasteiger partial charge is 0.225 e. The molecule has 1 unspecified atom stereocenters. The van der Waals surface area contributed by atoms with Gasteiger partial charge >= 0.3 is 0 Å². The molecule has 1 aliphatic carbocycles. The molecule has 2 aromatic rings. The molecule has 1 aliphatic heterocycles. The zero-order valence-corrected chi connectivity index (χ0v) is 12.7. The zero-order chi connectivity index (χ0) is 15.1. The van der Waals surface area contributed by atoms with E-state index in [-0.39, 0.29) is 11.8 Å². The number of aromatic nitrogens is 4. The number of nitrogens with zero attached hydrogens (tertiary/aromatic N) is 5. The van der Waals surface area contributed by atoms with Crippen LogP contribution in [-0.4, -0.2) is 44.6 Å². The van der Waals surface area contributed by atoms with Crippen molar-refractivity contribution in [1.82, 2.24) is 24.9 Å². The van der Waals surface area contributed by atoms with E-state index in [1.165, 1.54) is 0 Å². The average Bonchev–Trinajstić information content (AvgIpc) is 3.28. The third kappa shape index (κ3) is 2.40.